The van der Waals surface area contributed by atoms with Crippen LogP contribution < -0.4 is 10.1 Å². The molecule has 0 aromatic heterocycles. The lowest BCUT2D eigenvalue weighted by molar-refractivity contribution is -0.116. The molecule has 1 N–H and O–H groups in total. The molecule has 0 saturated heterocycles. The van der Waals surface area contributed by atoms with Gasteiger partial charge in [0.15, 0.2) is 0 Å². The summed E-state index contributed by atoms with van der Waals surface area (Å²) in [5.74, 6) is 0.687. The van der Waals surface area contributed by atoms with Crippen LogP contribution in [-0.2, 0) is 4.79 Å². The number of hydrogen-bond donors (Lipinski definition) is 1. The molecule has 21 heavy (non-hydrogen) atoms. The Labute approximate surface area is 133 Å². The summed E-state index contributed by atoms with van der Waals surface area (Å²) >= 11 is 11.8. The second-order valence-electron chi connectivity index (χ2n) is 4.44. The average molecular weight is 324 g/mol. The molecule has 0 unspecified atom stereocenters. The van der Waals surface area contributed by atoms with E-state index >= 15 is 0 Å². The average Bonchev–Trinajstić information content (AvgIpc) is 2.48. The molecule has 0 radical (unpaired) electrons. The molecule has 0 fully saturated rings. The van der Waals surface area contributed by atoms with Crippen LogP contribution in [0.15, 0.2) is 48.5 Å². The number of carbonyl (C=O) groups excluding carboxylic acids is 1. The molecule has 0 spiro atoms. The van der Waals surface area contributed by atoms with Crippen molar-refractivity contribution in [3.05, 3.63) is 58.6 Å². The number of amides is 1. The van der Waals surface area contributed by atoms with Gasteiger partial charge in [-0.25, -0.2) is 0 Å². The van der Waals surface area contributed by atoms with Gasteiger partial charge >= 0.3 is 0 Å². The molecule has 2 aromatic carbocycles. The number of benzene rings is 2. The molecule has 0 bridgehead atoms. The van der Waals surface area contributed by atoms with E-state index in [2.05, 4.69) is 5.32 Å². The van der Waals surface area contributed by atoms with Crippen LogP contribution >= 0.6 is 23.2 Å². The van der Waals surface area contributed by atoms with Crippen LogP contribution in [0.1, 0.15) is 12.8 Å². The molecule has 110 valence electrons. The molecule has 0 atom stereocenters. The second-order valence-corrected chi connectivity index (χ2v) is 5.28. The van der Waals surface area contributed by atoms with Crippen LogP contribution in [-0.4, -0.2) is 12.5 Å². The maximum atomic E-state index is 11.8. The van der Waals surface area contributed by atoms with Gasteiger partial charge in [0.2, 0.25) is 5.91 Å². The summed E-state index contributed by atoms with van der Waals surface area (Å²) < 4.78 is 5.52. The van der Waals surface area contributed by atoms with Crippen molar-refractivity contribution < 1.29 is 9.53 Å². The number of anilines is 1. The summed E-state index contributed by atoms with van der Waals surface area (Å²) in [4.78, 5) is 11.8. The van der Waals surface area contributed by atoms with E-state index in [1.807, 2.05) is 30.3 Å². The number of carbonyl (C=O) groups is 1. The van der Waals surface area contributed by atoms with Gasteiger partial charge < -0.3 is 10.1 Å². The summed E-state index contributed by atoms with van der Waals surface area (Å²) in [7, 11) is 0. The fourth-order valence-electron chi connectivity index (χ4n) is 1.75. The Balaban J connectivity index is 1.74. The Kier molecular flexibility index (Phi) is 5.90. The smallest absolute Gasteiger partial charge is 0.224 e. The zero-order valence-electron chi connectivity index (χ0n) is 11.3. The first-order valence-corrected chi connectivity index (χ1v) is 7.33. The Morgan fingerprint density at radius 1 is 1.10 bits per heavy atom. The second kappa shape index (κ2) is 7.91. The highest BCUT2D eigenvalue weighted by atomic mass is 35.5. The Hall–Kier alpha value is -1.71. The van der Waals surface area contributed by atoms with E-state index in [1.54, 1.807) is 18.2 Å². The van der Waals surface area contributed by atoms with Crippen LogP contribution in [0.5, 0.6) is 5.75 Å². The van der Waals surface area contributed by atoms with E-state index in [1.165, 1.54) is 0 Å². The van der Waals surface area contributed by atoms with E-state index in [-0.39, 0.29) is 5.91 Å². The van der Waals surface area contributed by atoms with Crippen LogP contribution in [0.2, 0.25) is 10.0 Å². The minimum Gasteiger partial charge on any atom is -0.494 e. The van der Waals surface area contributed by atoms with Crippen molar-refractivity contribution in [2.75, 3.05) is 11.9 Å². The van der Waals surface area contributed by atoms with Gasteiger partial charge in [0.1, 0.15) is 5.75 Å². The van der Waals surface area contributed by atoms with Crippen molar-refractivity contribution in [1.82, 2.24) is 0 Å². The zero-order valence-corrected chi connectivity index (χ0v) is 12.8. The Bertz CT molecular complexity index is 602. The molecule has 2 rings (SSSR count). The number of ether oxygens (including phenoxy) is 1. The van der Waals surface area contributed by atoms with Gasteiger partial charge in [0.05, 0.1) is 17.3 Å². The third-order valence-electron chi connectivity index (χ3n) is 2.76. The molecule has 3 nitrogen and oxygen atoms in total. The van der Waals surface area contributed by atoms with Crippen molar-refractivity contribution in [2.24, 2.45) is 0 Å². The lowest BCUT2D eigenvalue weighted by Crippen LogP contribution is -2.13. The van der Waals surface area contributed by atoms with E-state index in [4.69, 9.17) is 27.9 Å². The van der Waals surface area contributed by atoms with Crippen molar-refractivity contribution in [3.63, 3.8) is 0 Å². The lowest BCUT2D eigenvalue weighted by atomic mass is 10.2. The van der Waals surface area contributed by atoms with Crippen molar-refractivity contribution >= 4 is 34.8 Å². The molecule has 0 heterocycles. The number of halogens is 2. The minimum atomic E-state index is -0.115. The topological polar surface area (TPSA) is 38.3 Å². The molecule has 5 heteroatoms. The van der Waals surface area contributed by atoms with Crippen LogP contribution in [0, 0.1) is 0 Å². The quantitative estimate of drug-likeness (QED) is 0.776. The van der Waals surface area contributed by atoms with Crippen LogP contribution in [0.4, 0.5) is 5.69 Å². The third kappa shape index (κ3) is 5.29. The fraction of sp³-hybridized carbons (Fsp3) is 0.188. The molecule has 0 aliphatic rings. The summed E-state index contributed by atoms with van der Waals surface area (Å²) in [6.45, 7) is 0.487. The molecule has 0 aliphatic carbocycles. The first-order valence-electron chi connectivity index (χ1n) is 6.58. The molecule has 0 saturated carbocycles. The third-order valence-corrected chi connectivity index (χ3v) is 3.33. The molecular formula is C16H15Cl2NO2. The zero-order chi connectivity index (χ0) is 15.1. The highest BCUT2D eigenvalue weighted by molar-refractivity contribution is 6.35. The first-order chi connectivity index (χ1) is 10.1. The van der Waals surface area contributed by atoms with Crippen LogP contribution in [0.25, 0.3) is 0 Å². The van der Waals surface area contributed by atoms with Gasteiger partial charge in [-0.1, -0.05) is 41.4 Å². The van der Waals surface area contributed by atoms with E-state index in [9.17, 15) is 4.79 Å². The van der Waals surface area contributed by atoms with Gasteiger partial charge in [-0.15, -0.1) is 0 Å². The highest BCUT2D eigenvalue weighted by Crippen LogP contribution is 2.25. The Morgan fingerprint density at radius 3 is 2.62 bits per heavy atom. The molecule has 2 aromatic rings. The minimum absolute atomic E-state index is 0.115. The first kappa shape index (κ1) is 15.7. The molecular weight excluding hydrogens is 309 g/mol. The summed E-state index contributed by atoms with van der Waals surface area (Å²) in [6.07, 6.45) is 0.981. The predicted octanol–water partition coefficient (Wildman–Crippen LogP) is 4.79. The summed E-state index contributed by atoms with van der Waals surface area (Å²) in [5.41, 5.74) is 0.526. The number of hydrogen-bond acceptors (Lipinski definition) is 2. The molecule has 0 aliphatic heterocycles. The SMILES string of the molecule is O=C(CCCOc1ccccc1)Nc1cc(Cl)ccc1Cl. The Morgan fingerprint density at radius 2 is 1.86 bits per heavy atom. The van der Waals surface area contributed by atoms with Crippen molar-refractivity contribution in [1.29, 1.82) is 0 Å². The van der Waals surface area contributed by atoms with Gasteiger partial charge in [-0.2, -0.15) is 0 Å². The van der Waals surface area contributed by atoms with Crippen molar-refractivity contribution in [3.8, 4) is 5.75 Å². The van der Waals surface area contributed by atoms with E-state index < -0.39 is 0 Å². The van der Waals surface area contributed by atoms with Crippen molar-refractivity contribution in [2.45, 2.75) is 12.8 Å². The maximum Gasteiger partial charge on any atom is 0.224 e. The predicted molar refractivity (Wildman–Crippen MR) is 86.3 cm³/mol. The maximum absolute atomic E-state index is 11.8. The number of para-hydroxylation sites is 1. The lowest BCUT2D eigenvalue weighted by Gasteiger charge is -2.08. The van der Waals surface area contributed by atoms with E-state index in [0.717, 1.165) is 5.75 Å². The van der Waals surface area contributed by atoms with Gasteiger partial charge in [0.25, 0.3) is 0 Å². The highest BCUT2D eigenvalue weighted by Gasteiger charge is 2.06. The standard InChI is InChI=1S/C16H15Cl2NO2/c17-12-8-9-14(18)15(11-12)19-16(20)7-4-10-21-13-5-2-1-3-6-13/h1-3,5-6,8-9,11H,4,7,10H2,(H,19,20). The summed E-state index contributed by atoms with van der Waals surface area (Å²) in [5, 5.41) is 3.73. The van der Waals surface area contributed by atoms with Crippen LogP contribution in [0.3, 0.4) is 0 Å². The van der Waals surface area contributed by atoms with Gasteiger partial charge in [-0.05, 0) is 36.8 Å². The fourth-order valence-corrected chi connectivity index (χ4v) is 2.08. The molecule has 1 amide bonds. The van der Waals surface area contributed by atoms with Gasteiger partial charge in [-0.3, -0.25) is 4.79 Å². The van der Waals surface area contributed by atoms with E-state index in [0.29, 0.717) is 35.2 Å². The normalized spacial score (nSPS) is 10.2. The number of rotatable bonds is 6. The number of nitrogens with one attached hydrogen (secondary N) is 1. The van der Waals surface area contributed by atoms with Gasteiger partial charge in [0, 0.05) is 11.4 Å². The summed E-state index contributed by atoms with van der Waals surface area (Å²) in [6, 6.07) is 14.5. The monoisotopic (exact) mass is 323 g/mol. The largest absolute Gasteiger partial charge is 0.494 e.